The molecule has 0 unspecified atom stereocenters. The van der Waals surface area contributed by atoms with Crippen molar-refractivity contribution in [2.24, 2.45) is 11.1 Å². The van der Waals surface area contributed by atoms with E-state index in [1.54, 1.807) is 6.92 Å². The number of sulfonamides is 1. The quantitative estimate of drug-likeness (QED) is 0.752. The zero-order valence-corrected chi connectivity index (χ0v) is 14.1. The van der Waals surface area contributed by atoms with Crippen LogP contribution in [-0.4, -0.2) is 57.5 Å². The molecule has 0 spiro atoms. The molecule has 6 nitrogen and oxygen atoms in total. The Bertz CT molecular complexity index is 512. The normalized spacial score (nSPS) is 21.2. The Morgan fingerprint density at radius 2 is 1.75 bits per heavy atom. The van der Waals surface area contributed by atoms with Crippen LogP contribution in [0.3, 0.4) is 0 Å². The third-order valence-electron chi connectivity index (χ3n) is 3.79. The molecule has 1 saturated heterocycles. The van der Waals surface area contributed by atoms with Gasteiger partial charge in [0, 0.05) is 13.1 Å². The highest BCUT2D eigenvalue weighted by Crippen LogP contribution is 2.25. The summed E-state index contributed by atoms with van der Waals surface area (Å²) in [6, 6.07) is 0. The Balaban J connectivity index is 2.86. The van der Waals surface area contributed by atoms with Crippen LogP contribution in [0.1, 0.15) is 33.6 Å². The average molecular weight is 326 g/mol. The summed E-state index contributed by atoms with van der Waals surface area (Å²) < 4.78 is 49.5. The third-order valence-corrected chi connectivity index (χ3v) is 7.93. The van der Waals surface area contributed by atoms with Crippen LogP contribution < -0.4 is 5.73 Å². The van der Waals surface area contributed by atoms with Gasteiger partial charge >= 0.3 is 0 Å². The summed E-state index contributed by atoms with van der Waals surface area (Å²) in [7, 11) is -6.51. The summed E-state index contributed by atoms with van der Waals surface area (Å²) >= 11 is 0. The molecule has 0 bridgehead atoms. The molecule has 120 valence electrons. The first-order chi connectivity index (χ1) is 9.04. The van der Waals surface area contributed by atoms with E-state index in [0.717, 1.165) is 0 Å². The molecule has 0 atom stereocenters. The molecule has 2 N–H and O–H groups in total. The first-order valence-corrected chi connectivity index (χ1v) is 10.3. The van der Waals surface area contributed by atoms with Crippen LogP contribution >= 0.6 is 0 Å². The fourth-order valence-electron chi connectivity index (χ4n) is 2.30. The van der Waals surface area contributed by atoms with Gasteiger partial charge in [0.1, 0.15) is 9.84 Å². The van der Waals surface area contributed by atoms with E-state index in [9.17, 15) is 16.8 Å². The van der Waals surface area contributed by atoms with Crippen LogP contribution in [0.25, 0.3) is 0 Å². The number of sulfone groups is 1. The van der Waals surface area contributed by atoms with E-state index in [4.69, 9.17) is 5.73 Å². The maximum atomic E-state index is 12.6. The number of hydrogen-bond donors (Lipinski definition) is 1. The predicted molar refractivity (Wildman–Crippen MR) is 80.7 cm³/mol. The highest BCUT2D eigenvalue weighted by atomic mass is 32.2. The predicted octanol–water partition coefficient (Wildman–Crippen LogP) is 0.200. The lowest BCUT2D eigenvalue weighted by molar-refractivity contribution is 0.270. The van der Waals surface area contributed by atoms with Crippen LogP contribution in [0.4, 0.5) is 0 Å². The Morgan fingerprint density at radius 3 is 2.15 bits per heavy atom. The van der Waals surface area contributed by atoms with Crippen molar-refractivity contribution in [2.45, 2.75) is 38.9 Å². The third kappa shape index (κ3) is 4.41. The lowest BCUT2D eigenvalue weighted by atomic mass is 9.94. The van der Waals surface area contributed by atoms with Crippen LogP contribution in [0.2, 0.25) is 0 Å². The van der Waals surface area contributed by atoms with Crippen molar-refractivity contribution in [1.29, 1.82) is 0 Å². The van der Waals surface area contributed by atoms with Crippen molar-refractivity contribution in [1.82, 2.24) is 4.31 Å². The zero-order valence-electron chi connectivity index (χ0n) is 12.5. The summed E-state index contributed by atoms with van der Waals surface area (Å²) in [5.74, 6) is -0.0660. The molecule has 1 aliphatic rings. The molecule has 1 rings (SSSR count). The summed E-state index contributed by atoms with van der Waals surface area (Å²) in [4.78, 5) is 0. The smallest absolute Gasteiger partial charge is 0.217 e. The van der Waals surface area contributed by atoms with Crippen molar-refractivity contribution in [3.8, 4) is 0 Å². The van der Waals surface area contributed by atoms with E-state index in [1.807, 2.05) is 13.8 Å². The van der Waals surface area contributed by atoms with Gasteiger partial charge in [0.2, 0.25) is 10.0 Å². The van der Waals surface area contributed by atoms with Crippen molar-refractivity contribution in [3.05, 3.63) is 0 Å². The van der Waals surface area contributed by atoms with E-state index in [2.05, 4.69) is 0 Å². The molecule has 0 radical (unpaired) electrons. The van der Waals surface area contributed by atoms with Crippen molar-refractivity contribution in [2.75, 3.05) is 31.1 Å². The lowest BCUT2D eigenvalue weighted by Crippen LogP contribution is -2.47. The number of nitrogens with two attached hydrogens (primary N) is 1. The van der Waals surface area contributed by atoms with E-state index in [0.29, 0.717) is 19.6 Å². The minimum atomic E-state index is -3.45. The minimum absolute atomic E-state index is 0.0330. The highest BCUT2D eigenvalue weighted by molar-refractivity contribution is 7.92. The fraction of sp³-hybridized carbons (Fsp3) is 1.00. The van der Waals surface area contributed by atoms with Gasteiger partial charge in [0.05, 0.1) is 16.8 Å². The molecular formula is C12H26N2O4S2. The number of rotatable bonds is 6. The largest absolute Gasteiger partial charge is 0.330 e. The first kappa shape index (κ1) is 17.9. The Kier molecular flexibility index (Phi) is 5.62. The molecule has 0 aromatic rings. The SMILES string of the molecule is CCN(CC(C)(C)CN)S(=O)(=O)C1CCS(=O)(=O)CC1. The second-order valence-electron chi connectivity index (χ2n) is 6.19. The molecule has 8 heteroatoms. The van der Waals surface area contributed by atoms with E-state index in [1.165, 1.54) is 4.31 Å². The zero-order chi connectivity index (χ0) is 15.6. The molecule has 1 fully saturated rings. The van der Waals surface area contributed by atoms with Crippen molar-refractivity contribution < 1.29 is 16.8 Å². The second-order valence-corrected chi connectivity index (χ2v) is 10.7. The van der Waals surface area contributed by atoms with Gasteiger partial charge in [-0.2, -0.15) is 0 Å². The Morgan fingerprint density at radius 1 is 1.25 bits per heavy atom. The van der Waals surface area contributed by atoms with E-state index >= 15 is 0 Å². The average Bonchev–Trinajstić information content (AvgIpc) is 2.35. The molecule has 0 aliphatic carbocycles. The molecular weight excluding hydrogens is 300 g/mol. The van der Waals surface area contributed by atoms with Gasteiger partial charge in [0.15, 0.2) is 0 Å². The van der Waals surface area contributed by atoms with Crippen LogP contribution in [0.15, 0.2) is 0 Å². The molecule has 0 aromatic carbocycles. The van der Waals surface area contributed by atoms with Gasteiger partial charge in [0.25, 0.3) is 0 Å². The van der Waals surface area contributed by atoms with E-state index in [-0.39, 0.29) is 29.8 Å². The summed E-state index contributed by atoms with van der Waals surface area (Å²) in [5.41, 5.74) is 5.38. The van der Waals surface area contributed by atoms with Gasteiger partial charge in [-0.25, -0.2) is 21.1 Å². The minimum Gasteiger partial charge on any atom is -0.330 e. The lowest BCUT2D eigenvalue weighted by Gasteiger charge is -2.34. The standard InChI is InChI=1S/C12H26N2O4S2/c1-4-14(10-12(2,3)9-13)20(17,18)11-5-7-19(15,16)8-6-11/h11H,4-10,13H2,1-3H3. The number of hydrogen-bond acceptors (Lipinski definition) is 5. The molecule has 0 amide bonds. The molecule has 1 aliphatic heterocycles. The molecule has 20 heavy (non-hydrogen) atoms. The molecule has 1 heterocycles. The topological polar surface area (TPSA) is 97.5 Å². The maximum Gasteiger partial charge on any atom is 0.217 e. The highest BCUT2D eigenvalue weighted by Gasteiger charge is 2.37. The molecule has 0 saturated carbocycles. The monoisotopic (exact) mass is 326 g/mol. The van der Waals surface area contributed by atoms with E-state index < -0.39 is 25.1 Å². The van der Waals surface area contributed by atoms with Gasteiger partial charge in [-0.1, -0.05) is 20.8 Å². The fourth-order valence-corrected chi connectivity index (χ4v) is 6.23. The van der Waals surface area contributed by atoms with Crippen LogP contribution in [0, 0.1) is 5.41 Å². The van der Waals surface area contributed by atoms with Gasteiger partial charge in [-0.15, -0.1) is 0 Å². The van der Waals surface area contributed by atoms with Gasteiger partial charge < -0.3 is 5.73 Å². The summed E-state index contributed by atoms with van der Waals surface area (Å²) in [6.45, 7) is 6.80. The van der Waals surface area contributed by atoms with Crippen molar-refractivity contribution >= 4 is 19.9 Å². The van der Waals surface area contributed by atoms with Gasteiger partial charge in [-0.3, -0.25) is 0 Å². The summed E-state index contributed by atoms with van der Waals surface area (Å²) in [6.07, 6.45) is 0.397. The van der Waals surface area contributed by atoms with Gasteiger partial charge in [-0.05, 0) is 24.8 Å². The summed E-state index contributed by atoms with van der Waals surface area (Å²) in [5, 5.41) is -0.584. The Labute approximate surface area is 122 Å². The van der Waals surface area contributed by atoms with Crippen LogP contribution in [-0.2, 0) is 19.9 Å². The van der Waals surface area contributed by atoms with Crippen molar-refractivity contribution in [3.63, 3.8) is 0 Å². The maximum absolute atomic E-state index is 12.6. The van der Waals surface area contributed by atoms with Crippen LogP contribution in [0.5, 0.6) is 0 Å². The first-order valence-electron chi connectivity index (χ1n) is 6.93. The molecule has 0 aromatic heterocycles. The number of nitrogens with zero attached hydrogens (tertiary/aromatic N) is 1. The Hall–Kier alpha value is -0.180. The second kappa shape index (κ2) is 6.29.